The lowest BCUT2D eigenvalue weighted by Crippen LogP contribution is -2.33. The molecule has 1 aromatic heterocycles. The summed E-state index contributed by atoms with van der Waals surface area (Å²) in [6.07, 6.45) is -2.71. The fourth-order valence-corrected chi connectivity index (χ4v) is 3.78. The molecule has 4 nitrogen and oxygen atoms in total. The van der Waals surface area contributed by atoms with Gasteiger partial charge >= 0.3 is 6.18 Å². The zero-order valence-corrected chi connectivity index (χ0v) is 20.0. The molecule has 1 N–H and O–H groups in total. The minimum absolute atomic E-state index is 0.224. The Hall–Kier alpha value is -3.06. The van der Waals surface area contributed by atoms with Crippen molar-refractivity contribution in [1.29, 1.82) is 0 Å². The zero-order chi connectivity index (χ0) is 24.9. The molecular formula is C26H27ClF3N3O. The lowest BCUT2D eigenvalue weighted by atomic mass is 10.0. The number of nitrogens with zero attached hydrogens (tertiary/aromatic N) is 2. The number of amides is 1. The Morgan fingerprint density at radius 2 is 1.79 bits per heavy atom. The number of pyridine rings is 1. The topological polar surface area (TPSA) is 45.2 Å². The predicted molar refractivity (Wildman–Crippen MR) is 129 cm³/mol. The summed E-state index contributed by atoms with van der Waals surface area (Å²) in [7, 11) is 1.66. The van der Waals surface area contributed by atoms with E-state index < -0.39 is 11.7 Å². The molecule has 3 rings (SSSR count). The zero-order valence-electron chi connectivity index (χ0n) is 19.3. The molecule has 180 valence electrons. The van der Waals surface area contributed by atoms with Gasteiger partial charge in [0, 0.05) is 26.3 Å². The standard InChI is InChI=1S/C26H27ClF3N3O/c1-17(2)20-9-7-19(8-10-20)16-33(25(34)23-14-22(27)15-32-24(23)31-3)12-11-18-5-4-6-21(13-18)26(28,29)30/h4-10,13-15,17H,11-12,16H2,1-3H3,(H,31,32). The number of hydrogen-bond acceptors (Lipinski definition) is 3. The second-order valence-electron chi connectivity index (χ2n) is 8.37. The Bertz CT molecular complexity index is 1130. The second-order valence-corrected chi connectivity index (χ2v) is 8.81. The molecule has 0 bridgehead atoms. The molecule has 0 aliphatic carbocycles. The minimum atomic E-state index is -4.42. The van der Waals surface area contributed by atoms with Crippen LogP contribution < -0.4 is 5.32 Å². The quantitative estimate of drug-likeness (QED) is 0.378. The predicted octanol–water partition coefficient (Wildman–Crippen LogP) is 6.80. The van der Waals surface area contributed by atoms with E-state index in [2.05, 4.69) is 24.1 Å². The van der Waals surface area contributed by atoms with Gasteiger partial charge in [-0.15, -0.1) is 0 Å². The molecular weight excluding hydrogens is 463 g/mol. The Labute approximate surface area is 202 Å². The number of benzene rings is 2. The van der Waals surface area contributed by atoms with Crippen LogP contribution in [0, 0.1) is 0 Å². The first-order valence-electron chi connectivity index (χ1n) is 11.0. The number of carbonyl (C=O) groups excluding carboxylic acids is 1. The average Bonchev–Trinajstić information content (AvgIpc) is 2.81. The van der Waals surface area contributed by atoms with Crippen molar-refractivity contribution in [2.24, 2.45) is 0 Å². The van der Waals surface area contributed by atoms with Gasteiger partial charge < -0.3 is 10.2 Å². The maximum absolute atomic E-state index is 13.5. The van der Waals surface area contributed by atoms with Crippen molar-refractivity contribution in [2.75, 3.05) is 18.9 Å². The highest BCUT2D eigenvalue weighted by Crippen LogP contribution is 2.30. The summed E-state index contributed by atoms with van der Waals surface area (Å²) in [5, 5.41) is 3.22. The van der Waals surface area contributed by atoms with Gasteiger partial charge in [-0.25, -0.2) is 4.98 Å². The van der Waals surface area contributed by atoms with Crippen LogP contribution in [0.4, 0.5) is 19.0 Å². The first kappa shape index (κ1) is 25.6. The van der Waals surface area contributed by atoms with Crippen molar-refractivity contribution in [2.45, 2.75) is 38.9 Å². The van der Waals surface area contributed by atoms with Gasteiger partial charge in [0.2, 0.25) is 0 Å². The minimum Gasteiger partial charge on any atom is -0.372 e. The van der Waals surface area contributed by atoms with Crippen LogP contribution in [0.5, 0.6) is 0 Å². The number of carbonyl (C=O) groups is 1. The van der Waals surface area contributed by atoms with E-state index in [9.17, 15) is 18.0 Å². The van der Waals surface area contributed by atoms with E-state index in [0.717, 1.165) is 17.7 Å². The monoisotopic (exact) mass is 489 g/mol. The average molecular weight is 490 g/mol. The molecule has 0 saturated carbocycles. The van der Waals surface area contributed by atoms with Gasteiger partial charge in [-0.05, 0) is 41.2 Å². The maximum Gasteiger partial charge on any atom is 0.416 e. The highest BCUT2D eigenvalue weighted by Gasteiger charge is 2.30. The van der Waals surface area contributed by atoms with Gasteiger partial charge in [0.05, 0.1) is 16.1 Å². The third-order valence-corrected chi connectivity index (χ3v) is 5.76. The molecule has 0 unspecified atom stereocenters. The number of rotatable bonds is 8. The maximum atomic E-state index is 13.5. The second kappa shape index (κ2) is 10.9. The summed E-state index contributed by atoms with van der Waals surface area (Å²) in [6, 6.07) is 14.7. The van der Waals surface area contributed by atoms with E-state index >= 15 is 0 Å². The summed E-state index contributed by atoms with van der Waals surface area (Å²) < 4.78 is 39.4. The smallest absolute Gasteiger partial charge is 0.372 e. The number of aromatic nitrogens is 1. The number of anilines is 1. The number of alkyl halides is 3. The Morgan fingerprint density at radius 1 is 1.09 bits per heavy atom. The Kier molecular flexibility index (Phi) is 8.20. The third kappa shape index (κ3) is 6.50. The van der Waals surface area contributed by atoms with Crippen LogP contribution in [-0.4, -0.2) is 29.4 Å². The molecule has 3 aromatic rings. The normalized spacial score (nSPS) is 11.5. The van der Waals surface area contributed by atoms with Gasteiger partial charge in [0.25, 0.3) is 5.91 Å². The van der Waals surface area contributed by atoms with Crippen molar-refractivity contribution in [3.8, 4) is 0 Å². The van der Waals surface area contributed by atoms with Crippen LogP contribution in [0.15, 0.2) is 60.8 Å². The summed E-state index contributed by atoms with van der Waals surface area (Å²) in [5.41, 5.74) is 2.20. The molecule has 1 amide bonds. The fraction of sp³-hybridized carbons (Fsp3) is 0.308. The third-order valence-electron chi connectivity index (χ3n) is 5.55. The lowest BCUT2D eigenvalue weighted by Gasteiger charge is -2.24. The molecule has 0 aliphatic heterocycles. The van der Waals surface area contributed by atoms with Gasteiger partial charge in [-0.3, -0.25) is 4.79 Å². The van der Waals surface area contributed by atoms with Crippen molar-refractivity contribution < 1.29 is 18.0 Å². The van der Waals surface area contributed by atoms with Crippen LogP contribution in [-0.2, 0) is 19.1 Å². The summed E-state index contributed by atoms with van der Waals surface area (Å²) in [6.45, 7) is 4.73. The molecule has 8 heteroatoms. The van der Waals surface area contributed by atoms with Crippen LogP contribution in [0.1, 0.15) is 52.4 Å². The fourth-order valence-electron chi connectivity index (χ4n) is 3.62. The molecule has 0 spiro atoms. The van der Waals surface area contributed by atoms with E-state index in [1.807, 2.05) is 24.3 Å². The van der Waals surface area contributed by atoms with Crippen molar-refractivity contribution in [3.05, 3.63) is 93.6 Å². The lowest BCUT2D eigenvalue weighted by molar-refractivity contribution is -0.137. The molecule has 2 aromatic carbocycles. The van der Waals surface area contributed by atoms with Gasteiger partial charge in [-0.1, -0.05) is 67.9 Å². The Balaban J connectivity index is 1.89. The summed E-state index contributed by atoms with van der Waals surface area (Å²) in [4.78, 5) is 19.3. The number of hydrogen-bond donors (Lipinski definition) is 1. The first-order chi connectivity index (χ1) is 16.1. The summed E-state index contributed by atoms with van der Waals surface area (Å²) >= 11 is 6.10. The summed E-state index contributed by atoms with van der Waals surface area (Å²) in [5.74, 6) is 0.455. The van der Waals surface area contributed by atoms with Gasteiger partial charge in [0.1, 0.15) is 5.82 Å². The molecule has 34 heavy (non-hydrogen) atoms. The molecule has 0 atom stereocenters. The van der Waals surface area contributed by atoms with Crippen molar-refractivity contribution >= 4 is 23.3 Å². The van der Waals surface area contributed by atoms with Crippen molar-refractivity contribution in [1.82, 2.24) is 9.88 Å². The molecule has 0 fully saturated rings. The largest absolute Gasteiger partial charge is 0.416 e. The van der Waals surface area contributed by atoms with Gasteiger partial charge in [0.15, 0.2) is 0 Å². The Morgan fingerprint density at radius 3 is 2.41 bits per heavy atom. The van der Waals surface area contributed by atoms with Crippen molar-refractivity contribution in [3.63, 3.8) is 0 Å². The highest BCUT2D eigenvalue weighted by atomic mass is 35.5. The number of halogens is 4. The SMILES string of the molecule is CNc1ncc(Cl)cc1C(=O)N(CCc1cccc(C(F)(F)F)c1)Cc1ccc(C(C)C)cc1. The van der Waals surface area contributed by atoms with E-state index in [1.165, 1.54) is 17.8 Å². The number of nitrogens with one attached hydrogen (secondary N) is 1. The van der Waals surface area contributed by atoms with Crippen LogP contribution in [0.2, 0.25) is 5.02 Å². The molecule has 0 saturated heterocycles. The molecule has 0 radical (unpaired) electrons. The molecule has 1 heterocycles. The van der Waals surface area contributed by atoms with Crippen LogP contribution in [0.25, 0.3) is 0 Å². The van der Waals surface area contributed by atoms with E-state index in [0.29, 0.717) is 34.4 Å². The highest BCUT2D eigenvalue weighted by molar-refractivity contribution is 6.31. The first-order valence-corrected chi connectivity index (χ1v) is 11.3. The van der Waals surface area contributed by atoms with Gasteiger partial charge in [-0.2, -0.15) is 13.2 Å². The van der Waals surface area contributed by atoms with Crippen LogP contribution in [0.3, 0.4) is 0 Å². The van der Waals surface area contributed by atoms with E-state index in [-0.39, 0.29) is 18.9 Å². The van der Waals surface area contributed by atoms with E-state index in [1.54, 1.807) is 24.1 Å². The van der Waals surface area contributed by atoms with E-state index in [4.69, 9.17) is 11.6 Å². The van der Waals surface area contributed by atoms with Crippen LogP contribution >= 0.6 is 11.6 Å². The molecule has 0 aliphatic rings.